The van der Waals surface area contributed by atoms with E-state index in [-0.39, 0.29) is 36.0 Å². The highest BCUT2D eigenvalue weighted by atomic mass is 32.2. The van der Waals surface area contributed by atoms with E-state index in [9.17, 15) is 27.6 Å². The maximum atomic E-state index is 12.8. The van der Waals surface area contributed by atoms with Crippen LogP contribution in [0.4, 0.5) is 5.82 Å². The summed E-state index contributed by atoms with van der Waals surface area (Å²) in [5.74, 6) is -2.36. The summed E-state index contributed by atoms with van der Waals surface area (Å²) in [6, 6.07) is 3.19. The highest BCUT2D eigenvalue weighted by Gasteiger charge is 2.35. The van der Waals surface area contributed by atoms with Crippen molar-refractivity contribution in [2.75, 3.05) is 18.8 Å². The number of piperidine rings is 1. The number of hydrogen-bond acceptors (Lipinski definition) is 9. The standard InChI is InChI=1S/C19H24N4O7S2/c1-11(15(24)14-16(20)21(2)19(27)22(3)17(14)25)30-18(26)12-6-8-23(9-7-12)32(28,29)13-5-4-10-31-13/h4-5,10-12H,6-9,20H2,1-3H3/t11-/m1/s1. The molecule has 2 aromatic rings. The zero-order chi connectivity index (χ0) is 23.8. The second kappa shape index (κ2) is 9.00. The number of ether oxygens (including phenoxy) is 1. The number of nitrogens with two attached hydrogens (primary N) is 1. The van der Waals surface area contributed by atoms with Crippen LogP contribution in [0.1, 0.15) is 30.1 Å². The summed E-state index contributed by atoms with van der Waals surface area (Å²) in [6.07, 6.45) is -0.815. The lowest BCUT2D eigenvalue weighted by Gasteiger charge is -2.30. The number of thiophene rings is 1. The van der Waals surface area contributed by atoms with Gasteiger partial charge in [0.25, 0.3) is 15.6 Å². The van der Waals surface area contributed by atoms with Crippen molar-refractivity contribution >= 4 is 38.9 Å². The van der Waals surface area contributed by atoms with E-state index in [0.29, 0.717) is 0 Å². The molecule has 1 aliphatic rings. The molecule has 2 aromatic heterocycles. The van der Waals surface area contributed by atoms with Crippen LogP contribution in [0.15, 0.2) is 31.3 Å². The number of carbonyl (C=O) groups is 2. The van der Waals surface area contributed by atoms with Crippen LogP contribution in [0, 0.1) is 5.92 Å². The first-order valence-electron chi connectivity index (χ1n) is 9.80. The molecular formula is C19H24N4O7S2. The van der Waals surface area contributed by atoms with Crippen LogP contribution in [-0.2, 0) is 33.7 Å². The zero-order valence-electron chi connectivity index (χ0n) is 17.8. The molecule has 1 atom stereocenters. The number of nitrogen functional groups attached to an aromatic ring is 1. The van der Waals surface area contributed by atoms with Gasteiger partial charge in [0, 0.05) is 27.2 Å². The fraction of sp³-hybridized carbons (Fsp3) is 0.474. The van der Waals surface area contributed by atoms with Crippen molar-refractivity contribution in [3.63, 3.8) is 0 Å². The molecule has 1 aliphatic heterocycles. The highest BCUT2D eigenvalue weighted by Crippen LogP contribution is 2.27. The van der Waals surface area contributed by atoms with E-state index in [2.05, 4.69) is 0 Å². The van der Waals surface area contributed by atoms with Crippen molar-refractivity contribution in [2.45, 2.75) is 30.1 Å². The number of hydrogen-bond donors (Lipinski definition) is 1. The molecule has 0 spiro atoms. The Balaban J connectivity index is 1.67. The highest BCUT2D eigenvalue weighted by molar-refractivity contribution is 7.91. The molecule has 0 bridgehead atoms. The lowest BCUT2D eigenvalue weighted by atomic mass is 9.98. The third-order valence-corrected chi connectivity index (χ3v) is 8.77. The van der Waals surface area contributed by atoms with E-state index in [1.165, 1.54) is 31.4 Å². The summed E-state index contributed by atoms with van der Waals surface area (Å²) in [5, 5.41) is 1.68. The number of anilines is 1. The van der Waals surface area contributed by atoms with E-state index in [1.807, 2.05) is 0 Å². The van der Waals surface area contributed by atoms with E-state index >= 15 is 0 Å². The SMILES string of the molecule is C[C@@H](OC(=O)C1CCN(S(=O)(=O)c2cccs2)CC1)C(=O)c1c(N)n(C)c(=O)n(C)c1=O. The van der Waals surface area contributed by atoms with Crippen LogP contribution >= 0.6 is 11.3 Å². The average Bonchev–Trinajstić information content (AvgIpc) is 3.32. The molecule has 13 heteroatoms. The normalized spacial score (nSPS) is 16.6. The molecule has 1 fully saturated rings. The van der Waals surface area contributed by atoms with Gasteiger partial charge in [0.05, 0.1) is 5.92 Å². The first-order valence-corrected chi connectivity index (χ1v) is 12.1. The third kappa shape index (κ3) is 4.27. The summed E-state index contributed by atoms with van der Waals surface area (Å²) >= 11 is 1.13. The molecule has 3 heterocycles. The predicted octanol–water partition coefficient (Wildman–Crippen LogP) is -0.0570. The average molecular weight is 485 g/mol. The maximum Gasteiger partial charge on any atom is 0.332 e. The van der Waals surface area contributed by atoms with Crippen molar-refractivity contribution < 1.29 is 22.7 Å². The van der Waals surface area contributed by atoms with Crippen molar-refractivity contribution in [1.29, 1.82) is 0 Å². The Bertz CT molecular complexity index is 1250. The number of carbonyl (C=O) groups excluding carboxylic acids is 2. The molecule has 1 saturated heterocycles. The largest absolute Gasteiger partial charge is 0.454 e. The Kier molecular flexibility index (Phi) is 6.72. The number of sulfonamides is 1. The first kappa shape index (κ1) is 23.9. The van der Waals surface area contributed by atoms with Crippen molar-refractivity contribution in [1.82, 2.24) is 13.4 Å². The van der Waals surface area contributed by atoms with Crippen molar-refractivity contribution in [2.24, 2.45) is 20.0 Å². The summed E-state index contributed by atoms with van der Waals surface area (Å²) in [4.78, 5) is 49.6. The number of ketones is 1. The van der Waals surface area contributed by atoms with Gasteiger partial charge in [-0.2, -0.15) is 4.31 Å². The Labute approximate surface area is 188 Å². The Morgan fingerprint density at radius 1 is 1.19 bits per heavy atom. The molecule has 0 amide bonds. The zero-order valence-corrected chi connectivity index (χ0v) is 19.4. The molecular weight excluding hydrogens is 460 g/mol. The van der Waals surface area contributed by atoms with Gasteiger partial charge in [-0.05, 0) is 31.2 Å². The third-order valence-electron chi connectivity index (χ3n) is 5.49. The maximum absolute atomic E-state index is 12.8. The second-order valence-corrected chi connectivity index (χ2v) is 10.6. The van der Waals surface area contributed by atoms with Gasteiger partial charge >= 0.3 is 11.7 Å². The molecule has 2 N–H and O–H groups in total. The quantitative estimate of drug-likeness (QED) is 0.442. The number of esters is 1. The van der Waals surface area contributed by atoms with Gasteiger partial charge in [0.15, 0.2) is 6.10 Å². The number of Topliss-reactive ketones (excluding diaryl/α,β-unsaturated/α-hetero) is 1. The van der Waals surface area contributed by atoms with Crippen LogP contribution in [-0.4, -0.2) is 52.8 Å². The molecule has 3 rings (SSSR count). The Morgan fingerprint density at radius 2 is 1.81 bits per heavy atom. The minimum absolute atomic E-state index is 0.149. The van der Waals surface area contributed by atoms with Gasteiger partial charge in [0.1, 0.15) is 15.6 Å². The van der Waals surface area contributed by atoms with Crippen molar-refractivity contribution in [3.05, 3.63) is 43.9 Å². The minimum atomic E-state index is -3.59. The topological polar surface area (TPSA) is 151 Å². The van der Waals surface area contributed by atoms with Crippen LogP contribution in [0.25, 0.3) is 0 Å². The van der Waals surface area contributed by atoms with Gasteiger partial charge in [0.2, 0.25) is 5.78 Å². The minimum Gasteiger partial charge on any atom is -0.454 e. The van der Waals surface area contributed by atoms with Gasteiger partial charge in [-0.1, -0.05) is 6.07 Å². The molecule has 0 radical (unpaired) electrons. The van der Waals surface area contributed by atoms with Crippen LogP contribution in [0.3, 0.4) is 0 Å². The first-order chi connectivity index (χ1) is 15.0. The van der Waals surface area contributed by atoms with E-state index < -0.39 is 50.6 Å². The predicted molar refractivity (Wildman–Crippen MR) is 117 cm³/mol. The smallest absolute Gasteiger partial charge is 0.332 e. The van der Waals surface area contributed by atoms with E-state index in [0.717, 1.165) is 20.5 Å². The van der Waals surface area contributed by atoms with Crippen LogP contribution in [0.2, 0.25) is 0 Å². The Hall–Kier alpha value is -2.77. The number of nitrogens with zero attached hydrogens (tertiary/aromatic N) is 3. The summed E-state index contributed by atoms with van der Waals surface area (Å²) < 4.78 is 33.8. The van der Waals surface area contributed by atoms with Crippen LogP contribution < -0.4 is 17.0 Å². The summed E-state index contributed by atoms with van der Waals surface area (Å²) in [7, 11) is -1.05. The lowest BCUT2D eigenvalue weighted by molar-refractivity contribution is -0.152. The molecule has 174 valence electrons. The molecule has 0 aliphatic carbocycles. The van der Waals surface area contributed by atoms with Gasteiger partial charge in [-0.15, -0.1) is 11.3 Å². The van der Waals surface area contributed by atoms with Crippen LogP contribution in [0.5, 0.6) is 0 Å². The van der Waals surface area contributed by atoms with E-state index in [1.54, 1.807) is 11.4 Å². The van der Waals surface area contributed by atoms with Gasteiger partial charge < -0.3 is 10.5 Å². The summed E-state index contributed by atoms with van der Waals surface area (Å²) in [6.45, 7) is 1.62. The van der Waals surface area contributed by atoms with Gasteiger partial charge in [-0.25, -0.2) is 13.2 Å². The monoisotopic (exact) mass is 484 g/mol. The molecule has 32 heavy (non-hydrogen) atoms. The fourth-order valence-corrected chi connectivity index (χ4v) is 6.10. The molecule has 0 saturated carbocycles. The number of aromatic nitrogens is 2. The van der Waals surface area contributed by atoms with Crippen molar-refractivity contribution in [3.8, 4) is 0 Å². The van der Waals surface area contributed by atoms with Gasteiger partial charge in [-0.3, -0.25) is 23.5 Å². The van der Waals surface area contributed by atoms with E-state index in [4.69, 9.17) is 10.5 Å². The molecule has 0 aromatic carbocycles. The second-order valence-electron chi connectivity index (χ2n) is 7.52. The lowest BCUT2D eigenvalue weighted by Crippen LogP contribution is -2.44. The number of rotatable bonds is 6. The Morgan fingerprint density at radius 3 is 2.38 bits per heavy atom. The summed E-state index contributed by atoms with van der Waals surface area (Å²) in [5.41, 5.74) is 3.81. The molecule has 11 nitrogen and oxygen atoms in total. The molecule has 0 unspecified atom stereocenters. The fourth-order valence-electron chi connectivity index (χ4n) is 3.49.